The van der Waals surface area contributed by atoms with Crippen LogP contribution in [-0.2, 0) is 20.9 Å². The second-order valence-corrected chi connectivity index (χ2v) is 5.86. The van der Waals surface area contributed by atoms with Gasteiger partial charge >= 0.3 is 0 Å². The number of halogens is 1. The molecular weight excluding hydrogens is 327 g/mol. The van der Waals surface area contributed by atoms with Crippen LogP contribution in [0.3, 0.4) is 0 Å². The van der Waals surface area contributed by atoms with Crippen molar-refractivity contribution in [1.29, 1.82) is 0 Å². The lowest BCUT2D eigenvalue weighted by atomic mass is 10.1. The predicted molar refractivity (Wildman–Crippen MR) is 89.6 cm³/mol. The van der Waals surface area contributed by atoms with Gasteiger partial charge in [-0.1, -0.05) is 0 Å². The smallest absolute Gasteiger partial charge is 0.229 e. The number of hydrogen-bond acceptors (Lipinski definition) is 4. The largest absolute Gasteiger partial charge is 0.383 e. The van der Waals surface area contributed by atoms with E-state index in [-0.39, 0.29) is 30.6 Å². The number of methoxy groups -OCH3 is 1. The number of anilines is 2. The summed E-state index contributed by atoms with van der Waals surface area (Å²) in [4.78, 5) is 26.1. The van der Waals surface area contributed by atoms with Gasteiger partial charge in [-0.2, -0.15) is 5.10 Å². The predicted octanol–water partition coefficient (Wildman–Crippen LogP) is 1.66. The lowest BCUT2D eigenvalue weighted by Gasteiger charge is -2.16. The fourth-order valence-electron chi connectivity index (χ4n) is 2.73. The van der Waals surface area contributed by atoms with E-state index in [2.05, 4.69) is 10.4 Å². The Bertz CT molecular complexity index is 760. The van der Waals surface area contributed by atoms with Crippen LogP contribution in [0.2, 0.25) is 0 Å². The molecule has 0 bridgehead atoms. The summed E-state index contributed by atoms with van der Waals surface area (Å²) >= 11 is 0. The minimum Gasteiger partial charge on any atom is -0.383 e. The van der Waals surface area contributed by atoms with Crippen LogP contribution in [0.25, 0.3) is 0 Å². The third-order valence-electron chi connectivity index (χ3n) is 4.06. The molecule has 2 heterocycles. The van der Waals surface area contributed by atoms with Crippen LogP contribution >= 0.6 is 0 Å². The fraction of sp³-hybridized carbons (Fsp3) is 0.353. The van der Waals surface area contributed by atoms with Crippen molar-refractivity contribution >= 4 is 23.2 Å². The molecule has 7 nitrogen and oxygen atoms in total. The molecule has 1 saturated heterocycles. The first-order valence-corrected chi connectivity index (χ1v) is 7.95. The van der Waals surface area contributed by atoms with E-state index in [0.29, 0.717) is 24.5 Å². The zero-order valence-electron chi connectivity index (χ0n) is 13.8. The molecule has 1 atom stereocenters. The molecule has 1 N–H and O–H groups in total. The Hall–Kier alpha value is -2.74. The highest BCUT2D eigenvalue weighted by atomic mass is 19.1. The first kappa shape index (κ1) is 17.1. The normalized spacial score (nSPS) is 17.1. The Labute approximate surface area is 144 Å². The summed E-state index contributed by atoms with van der Waals surface area (Å²) in [5.74, 6) is -1.21. The van der Waals surface area contributed by atoms with Crippen molar-refractivity contribution in [1.82, 2.24) is 9.78 Å². The molecule has 1 aliphatic heterocycles. The number of amides is 2. The Morgan fingerprint density at radius 1 is 1.40 bits per heavy atom. The standard InChI is InChI=1S/C17H19FN4O3/c1-25-7-6-21-11-14(9-19-21)20-17(24)12-8-16(23)22(10-12)15-4-2-13(18)3-5-15/h2-5,9,11-12H,6-8,10H2,1H3,(H,20,24)/t12-/m0/s1. The molecule has 1 aromatic carbocycles. The second-order valence-electron chi connectivity index (χ2n) is 5.86. The number of aromatic nitrogens is 2. The summed E-state index contributed by atoms with van der Waals surface area (Å²) in [5.41, 5.74) is 1.17. The van der Waals surface area contributed by atoms with Gasteiger partial charge in [0.25, 0.3) is 0 Å². The van der Waals surface area contributed by atoms with Gasteiger partial charge in [0.15, 0.2) is 0 Å². The lowest BCUT2D eigenvalue weighted by molar-refractivity contribution is -0.122. The SMILES string of the molecule is COCCn1cc(NC(=O)[C@H]2CC(=O)N(c3ccc(F)cc3)C2)cn1. The number of carbonyl (C=O) groups is 2. The van der Waals surface area contributed by atoms with Crippen molar-refractivity contribution in [3.63, 3.8) is 0 Å². The van der Waals surface area contributed by atoms with E-state index in [4.69, 9.17) is 4.74 Å². The number of benzene rings is 1. The lowest BCUT2D eigenvalue weighted by Crippen LogP contribution is -2.28. The summed E-state index contributed by atoms with van der Waals surface area (Å²) in [6, 6.07) is 5.66. The van der Waals surface area contributed by atoms with Crippen molar-refractivity contribution in [3.05, 3.63) is 42.5 Å². The van der Waals surface area contributed by atoms with Gasteiger partial charge < -0.3 is 15.0 Å². The molecule has 132 valence electrons. The van der Waals surface area contributed by atoms with Gasteiger partial charge in [-0.15, -0.1) is 0 Å². The van der Waals surface area contributed by atoms with Gasteiger partial charge in [-0.3, -0.25) is 14.3 Å². The molecule has 2 aromatic rings. The zero-order chi connectivity index (χ0) is 17.8. The minimum absolute atomic E-state index is 0.126. The van der Waals surface area contributed by atoms with Crippen LogP contribution in [-0.4, -0.2) is 41.9 Å². The molecule has 0 unspecified atom stereocenters. The van der Waals surface area contributed by atoms with Gasteiger partial charge in [0.2, 0.25) is 11.8 Å². The van der Waals surface area contributed by atoms with Crippen molar-refractivity contribution < 1.29 is 18.7 Å². The number of nitrogens with zero attached hydrogens (tertiary/aromatic N) is 3. The molecule has 0 radical (unpaired) electrons. The summed E-state index contributed by atoms with van der Waals surface area (Å²) < 4.78 is 19.7. The highest BCUT2D eigenvalue weighted by Gasteiger charge is 2.35. The van der Waals surface area contributed by atoms with E-state index in [9.17, 15) is 14.0 Å². The van der Waals surface area contributed by atoms with E-state index in [1.807, 2.05) is 0 Å². The van der Waals surface area contributed by atoms with Crippen LogP contribution in [0.15, 0.2) is 36.7 Å². The minimum atomic E-state index is -0.458. The van der Waals surface area contributed by atoms with Gasteiger partial charge in [0, 0.05) is 32.0 Å². The van der Waals surface area contributed by atoms with E-state index in [0.717, 1.165) is 0 Å². The maximum atomic E-state index is 13.0. The Morgan fingerprint density at radius 3 is 2.88 bits per heavy atom. The van der Waals surface area contributed by atoms with Crippen LogP contribution in [0.1, 0.15) is 6.42 Å². The fourth-order valence-corrected chi connectivity index (χ4v) is 2.73. The molecule has 2 amide bonds. The number of hydrogen-bond donors (Lipinski definition) is 1. The second kappa shape index (κ2) is 7.43. The third-order valence-corrected chi connectivity index (χ3v) is 4.06. The van der Waals surface area contributed by atoms with Gasteiger partial charge in [-0.25, -0.2) is 4.39 Å². The number of carbonyl (C=O) groups excluding carboxylic acids is 2. The molecule has 8 heteroatoms. The average Bonchev–Trinajstić information content (AvgIpc) is 3.20. The molecule has 1 aliphatic rings. The highest BCUT2D eigenvalue weighted by molar-refractivity contribution is 6.03. The van der Waals surface area contributed by atoms with Crippen molar-refractivity contribution in [3.8, 4) is 0 Å². The monoisotopic (exact) mass is 346 g/mol. The maximum Gasteiger partial charge on any atom is 0.229 e. The Balaban J connectivity index is 1.60. The first-order chi connectivity index (χ1) is 12.1. The summed E-state index contributed by atoms with van der Waals surface area (Å²) in [5, 5.41) is 6.91. The van der Waals surface area contributed by atoms with E-state index < -0.39 is 5.92 Å². The Kier molecular flexibility index (Phi) is 5.08. The van der Waals surface area contributed by atoms with E-state index in [1.54, 1.807) is 24.2 Å². The molecule has 1 fully saturated rings. The molecule has 25 heavy (non-hydrogen) atoms. The maximum absolute atomic E-state index is 13.0. The molecule has 3 rings (SSSR count). The van der Waals surface area contributed by atoms with E-state index >= 15 is 0 Å². The topological polar surface area (TPSA) is 76.5 Å². The van der Waals surface area contributed by atoms with Crippen LogP contribution in [0.4, 0.5) is 15.8 Å². The summed E-state index contributed by atoms with van der Waals surface area (Å²) in [7, 11) is 1.61. The van der Waals surface area contributed by atoms with Crippen molar-refractivity contribution in [2.24, 2.45) is 5.92 Å². The quantitative estimate of drug-likeness (QED) is 0.863. The van der Waals surface area contributed by atoms with Crippen LogP contribution in [0.5, 0.6) is 0 Å². The third kappa shape index (κ3) is 4.03. The van der Waals surface area contributed by atoms with E-state index in [1.165, 1.54) is 29.2 Å². The van der Waals surface area contributed by atoms with Crippen molar-refractivity contribution in [2.45, 2.75) is 13.0 Å². The van der Waals surface area contributed by atoms with Crippen LogP contribution in [0, 0.1) is 11.7 Å². The average molecular weight is 346 g/mol. The Morgan fingerprint density at radius 2 is 2.16 bits per heavy atom. The van der Waals surface area contributed by atoms with Gasteiger partial charge in [-0.05, 0) is 24.3 Å². The zero-order valence-corrected chi connectivity index (χ0v) is 13.8. The molecule has 0 aliphatic carbocycles. The first-order valence-electron chi connectivity index (χ1n) is 7.95. The number of ether oxygens (including phenoxy) is 1. The molecule has 0 saturated carbocycles. The van der Waals surface area contributed by atoms with Crippen molar-refractivity contribution in [2.75, 3.05) is 30.5 Å². The highest BCUT2D eigenvalue weighted by Crippen LogP contribution is 2.26. The number of nitrogens with one attached hydrogen (secondary N) is 1. The van der Waals surface area contributed by atoms with Gasteiger partial charge in [0.1, 0.15) is 5.82 Å². The molecule has 1 aromatic heterocycles. The number of rotatable bonds is 6. The molecular formula is C17H19FN4O3. The molecule has 0 spiro atoms. The van der Waals surface area contributed by atoms with Crippen LogP contribution < -0.4 is 10.2 Å². The summed E-state index contributed by atoms with van der Waals surface area (Å²) in [6.07, 6.45) is 3.40. The summed E-state index contributed by atoms with van der Waals surface area (Å²) in [6.45, 7) is 1.39. The van der Waals surface area contributed by atoms with Gasteiger partial charge in [0.05, 0.1) is 31.0 Å².